The van der Waals surface area contributed by atoms with Gasteiger partial charge in [-0.2, -0.15) is 4.72 Å². The molecule has 7 nitrogen and oxygen atoms in total. The molecule has 2 N–H and O–H groups in total. The topological polar surface area (TPSA) is 87.7 Å². The number of carbonyl (C=O) groups excluding carboxylic acids is 1. The van der Waals surface area contributed by atoms with E-state index in [0.29, 0.717) is 13.0 Å². The first-order valence-corrected chi connectivity index (χ1v) is 13.0. The van der Waals surface area contributed by atoms with Crippen LogP contribution in [0.2, 0.25) is 0 Å². The van der Waals surface area contributed by atoms with Gasteiger partial charge < -0.3 is 10.1 Å². The second-order valence-corrected chi connectivity index (χ2v) is 10.7. The molecule has 1 saturated heterocycles. The highest BCUT2D eigenvalue weighted by molar-refractivity contribution is 7.89. The van der Waals surface area contributed by atoms with Crippen LogP contribution in [0, 0.1) is 12.8 Å². The van der Waals surface area contributed by atoms with Crippen molar-refractivity contribution in [3.05, 3.63) is 65.2 Å². The van der Waals surface area contributed by atoms with Gasteiger partial charge in [-0.3, -0.25) is 9.69 Å². The molecule has 1 unspecified atom stereocenters. The Morgan fingerprint density at radius 1 is 1.03 bits per heavy atom. The molecule has 0 aliphatic carbocycles. The van der Waals surface area contributed by atoms with E-state index in [1.165, 1.54) is 0 Å². The lowest BCUT2D eigenvalue weighted by Gasteiger charge is -2.27. The number of aryl methyl sites for hydroxylation is 1. The highest BCUT2D eigenvalue weighted by atomic mass is 32.2. The van der Waals surface area contributed by atoms with Gasteiger partial charge in [0, 0.05) is 26.2 Å². The fourth-order valence-electron chi connectivity index (χ4n) is 3.84. The SMILES string of the molecule is Cc1ccc(S(=O)(=O)NC(CC(C)C)C(=O)NCc2ccccc2CN2CCOCC2)cc1. The summed E-state index contributed by atoms with van der Waals surface area (Å²) in [5, 5.41) is 2.96. The van der Waals surface area contributed by atoms with Gasteiger partial charge in [-0.25, -0.2) is 8.42 Å². The Balaban J connectivity index is 1.67. The highest BCUT2D eigenvalue weighted by Crippen LogP contribution is 2.15. The smallest absolute Gasteiger partial charge is 0.241 e. The lowest BCUT2D eigenvalue weighted by Crippen LogP contribution is -2.47. The summed E-state index contributed by atoms with van der Waals surface area (Å²) < 4.78 is 33.8. The summed E-state index contributed by atoms with van der Waals surface area (Å²) in [5.74, 6) is -0.171. The molecule has 0 radical (unpaired) electrons. The van der Waals surface area contributed by atoms with Crippen LogP contribution in [0.1, 0.15) is 37.0 Å². The molecule has 1 atom stereocenters. The van der Waals surface area contributed by atoms with E-state index in [1.807, 2.05) is 39.0 Å². The zero-order valence-electron chi connectivity index (χ0n) is 19.7. The van der Waals surface area contributed by atoms with Gasteiger partial charge in [-0.1, -0.05) is 55.8 Å². The maximum absolute atomic E-state index is 13.1. The van der Waals surface area contributed by atoms with Crippen molar-refractivity contribution in [1.82, 2.24) is 14.9 Å². The number of morpholine rings is 1. The minimum absolute atomic E-state index is 0.148. The first kappa shape index (κ1) is 25.4. The van der Waals surface area contributed by atoms with Gasteiger partial charge in [0.15, 0.2) is 0 Å². The van der Waals surface area contributed by atoms with Crippen molar-refractivity contribution in [1.29, 1.82) is 0 Å². The number of carbonyl (C=O) groups is 1. The Kier molecular flexibility index (Phi) is 9.02. The molecule has 8 heteroatoms. The largest absolute Gasteiger partial charge is 0.379 e. The summed E-state index contributed by atoms with van der Waals surface area (Å²) in [6.07, 6.45) is 0.409. The molecule has 1 fully saturated rings. The van der Waals surface area contributed by atoms with E-state index < -0.39 is 16.1 Å². The Hall–Kier alpha value is -2.26. The van der Waals surface area contributed by atoms with Crippen molar-refractivity contribution >= 4 is 15.9 Å². The van der Waals surface area contributed by atoms with E-state index >= 15 is 0 Å². The van der Waals surface area contributed by atoms with Gasteiger partial charge in [0.05, 0.1) is 18.1 Å². The van der Waals surface area contributed by atoms with Crippen LogP contribution in [-0.2, 0) is 32.6 Å². The van der Waals surface area contributed by atoms with Crippen LogP contribution in [0.25, 0.3) is 0 Å². The predicted molar refractivity (Wildman–Crippen MR) is 129 cm³/mol. The fourth-order valence-corrected chi connectivity index (χ4v) is 5.05. The number of nitrogens with zero attached hydrogens (tertiary/aromatic N) is 1. The van der Waals surface area contributed by atoms with E-state index in [-0.39, 0.29) is 16.7 Å². The zero-order valence-corrected chi connectivity index (χ0v) is 20.5. The molecular formula is C25H35N3O4S. The molecule has 1 aliphatic heterocycles. The van der Waals surface area contributed by atoms with E-state index in [9.17, 15) is 13.2 Å². The first-order chi connectivity index (χ1) is 15.7. The second-order valence-electron chi connectivity index (χ2n) is 8.99. The summed E-state index contributed by atoms with van der Waals surface area (Å²) >= 11 is 0. The number of benzene rings is 2. The molecule has 0 spiro atoms. The van der Waals surface area contributed by atoms with Crippen molar-refractivity contribution in [2.45, 2.75) is 51.2 Å². The minimum Gasteiger partial charge on any atom is -0.379 e. The molecule has 33 heavy (non-hydrogen) atoms. The van der Waals surface area contributed by atoms with Gasteiger partial charge in [0.2, 0.25) is 15.9 Å². The van der Waals surface area contributed by atoms with Crippen molar-refractivity contribution in [3.8, 4) is 0 Å². The standard InChI is InChI=1S/C25H35N3O4S/c1-19(2)16-24(27-33(30,31)23-10-8-20(3)9-11-23)25(29)26-17-21-6-4-5-7-22(21)18-28-12-14-32-15-13-28/h4-11,19,24,27H,12-18H2,1-3H3,(H,26,29). The number of hydrogen-bond donors (Lipinski definition) is 2. The molecule has 0 saturated carbocycles. The molecule has 1 amide bonds. The second kappa shape index (κ2) is 11.7. The van der Waals surface area contributed by atoms with Crippen LogP contribution >= 0.6 is 0 Å². The molecule has 1 heterocycles. The first-order valence-electron chi connectivity index (χ1n) is 11.5. The molecule has 180 valence electrons. The number of sulfonamides is 1. The average molecular weight is 474 g/mol. The van der Waals surface area contributed by atoms with Crippen LogP contribution in [0.5, 0.6) is 0 Å². The van der Waals surface area contributed by atoms with Crippen molar-refractivity contribution in [3.63, 3.8) is 0 Å². The van der Waals surface area contributed by atoms with Crippen molar-refractivity contribution in [2.75, 3.05) is 26.3 Å². The zero-order chi connectivity index (χ0) is 23.8. The molecule has 0 aromatic heterocycles. The number of hydrogen-bond acceptors (Lipinski definition) is 5. The minimum atomic E-state index is -3.81. The lowest BCUT2D eigenvalue weighted by atomic mass is 10.0. The summed E-state index contributed by atoms with van der Waals surface area (Å²) in [4.78, 5) is 15.5. The summed E-state index contributed by atoms with van der Waals surface area (Å²) in [5.41, 5.74) is 3.16. The van der Waals surface area contributed by atoms with Gasteiger partial charge in [-0.15, -0.1) is 0 Å². The molecule has 3 rings (SSSR count). The lowest BCUT2D eigenvalue weighted by molar-refractivity contribution is -0.123. The third kappa shape index (κ3) is 7.64. The maximum atomic E-state index is 13.1. The number of amides is 1. The van der Waals surface area contributed by atoms with Crippen LogP contribution in [-0.4, -0.2) is 51.6 Å². The number of ether oxygens (including phenoxy) is 1. The molecule has 2 aromatic rings. The molecule has 1 aliphatic rings. The average Bonchev–Trinajstić information content (AvgIpc) is 2.78. The Labute approximate surface area is 197 Å². The van der Waals surface area contributed by atoms with E-state index in [0.717, 1.165) is 49.5 Å². The third-order valence-corrected chi connectivity index (χ3v) is 7.21. The Bertz CT molecular complexity index is 1020. The van der Waals surface area contributed by atoms with E-state index in [2.05, 4.69) is 21.0 Å². The van der Waals surface area contributed by atoms with Gasteiger partial charge >= 0.3 is 0 Å². The normalized spacial score (nSPS) is 16.0. The highest BCUT2D eigenvalue weighted by Gasteiger charge is 2.26. The Morgan fingerprint density at radius 3 is 2.30 bits per heavy atom. The predicted octanol–water partition coefficient (Wildman–Crippen LogP) is 2.84. The van der Waals surface area contributed by atoms with Crippen molar-refractivity contribution < 1.29 is 17.9 Å². The Morgan fingerprint density at radius 2 is 1.67 bits per heavy atom. The van der Waals surface area contributed by atoms with Crippen molar-refractivity contribution in [2.24, 2.45) is 5.92 Å². The fraction of sp³-hybridized carbons (Fsp3) is 0.480. The molecule has 2 aromatic carbocycles. The number of rotatable bonds is 10. The maximum Gasteiger partial charge on any atom is 0.241 e. The van der Waals surface area contributed by atoms with Gasteiger partial charge in [0.1, 0.15) is 6.04 Å². The van der Waals surface area contributed by atoms with Crippen LogP contribution in [0.4, 0.5) is 0 Å². The monoisotopic (exact) mass is 473 g/mol. The summed E-state index contributed by atoms with van der Waals surface area (Å²) in [7, 11) is -3.81. The molecule has 0 bridgehead atoms. The molecular weight excluding hydrogens is 438 g/mol. The number of nitrogens with one attached hydrogen (secondary N) is 2. The third-order valence-electron chi connectivity index (χ3n) is 5.72. The van der Waals surface area contributed by atoms with Crippen LogP contribution in [0.3, 0.4) is 0 Å². The van der Waals surface area contributed by atoms with E-state index in [4.69, 9.17) is 4.74 Å². The van der Waals surface area contributed by atoms with Crippen LogP contribution < -0.4 is 10.0 Å². The van der Waals surface area contributed by atoms with E-state index in [1.54, 1.807) is 24.3 Å². The van der Waals surface area contributed by atoms with Gasteiger partial charge in [0.25, 0.3) is 0 Å². The van der Waals surface area contributed by atoms with Crippen LogP contribution in [0.15, 0.2) is 53.4 Å². The quantitative estimate of drug-likeness (QED) is 0.554. The summed E-state index contributed by atoms with van der Waals surface area (Å²) in [6.45, 7) is 10.2. The van der Waals surface area contributed by atoms with Gasteiger partial charge in [-0.05, 0) is 42.5 Å². The summed E-state index contributed by atoms with van der Waals surface area (Å²) in [6, 6.07) is 13.8.